The van der Waals surface area contributed by atoms with Gasteiger partial charge in [0.2, 0.25) is 5.75 Å². The molecule has 0 saturated carbocycles. The quantitative estimate of drug-likeness (QED) is 0.399. The van der Waals surface area contributed by atoms with E-state index in [-0.39, 0.29) is 6.61 Å². The zero-order valence-corrected chi connectivity index (χ0v) is 18.3. The summed E-state index contributed by atoms with van der Waals surface area (Å²) in [6.45, 7) is 4.01. The predicted molar refractivity (Wildman–Crippen MR) is 118 cm³/mol. The first kappa shape index (κ1) is 22.0. The van der Waals surface area contributed by atoms with Crippen LogP contribution in [0.15, 0.2) is 48.5 Å². The molecule has 0 aliphatic heterocycles. The second-order valence-corrected chi connectivity index (χ2v) is 6.80. The fourth-order valence-corrected chi connectivity index (χ4v) is 3.26. The lowest BCUT2D eigenvalue weighted by Gasteiger charge is -2.12. The van der Waals surface area contributed by atoms with Gasteiger partial charge in [-0.15, -0.1) is 0 Å². The van der Waals surface area contributed by atoms with Gasteiger partial charge in [-0.25, -0.2) is 9.48 Å². The molecule has 31 heavy (non-hydrogen) atoms. The number of para-hydroxylation sites is 1. The van der Waals surface area contributed by atoms with Gasteiger partial charge in [-0.3, -0.25) is 0 Å². The SMILES string of the molecule is COc1cc(/C=C/C(=O)OCc2c(C)nn(-c3ccccc3)c2C)cc(OC)c1OC. The number of aryl methyl sites for hydroxylation is 1. The maximum atomic E-state index is 12.3. The van der Waals surface area contributed by atoms with Crippen LogP contribution in [-0.4, -0.2) is 37.1 Å². The van der Waals surface area contributed by atoms with Gasteiger partial charge in [0.25, 0.3) is 0 Å². The van der Waals surface area contributed by atoms with Crippen LogP contribution in [0.2, 0.25) is 0 Å². The van der Waals surface area contributed by atoms with E-state index in [4.69, 9.17) is 18.9 Å². The number of esters is 1. The molecule has 2 aromatic carbocycles. The summed E-state index contributed by atoms with van der Waals surface area (Å²) in [5.41, 5.74) is 4.32. The summed E-state index contributed by atoms with van der Waals surface area (Å²) in [5, 5.41) is 4.57. The van der Waals surface area contributed by atoms with Gasteiger partial charge in [0.1, 0.15) is 6.61 Å². The lowest BCUT2D eigenvalue weighted by Crippen LogP contribution is -2.03. The summed E-state index contributed by atoms with van der Waals surface area (Å²) in [7, 11) is 4.62. The van der Waals surface area contributed by atoms with Crippen molar-refractivity contribution < 1.29 is 23.7 Å². The van der Waals surface area contributed by atoms with E-state index < -0.39 is 5.97 Å². The number of benzene rings is 2. The molecule has 0 aliphatic rings. The monoisotopic (exact) mass is 422 g/mol. The Morgan fingerprint density at radius 3 is 2.23 bits per heavy atom. The molecule has 162 valence electrons. The third-order valence-corrected chi connectivity index (χ3v) is 4.90. The first-order valence-electron chi connectivity index (χ1n) is 9.73. The van der Waals surface area contributed by atoms with Gasteiger partial charge in [0.15, 0.2) is 11.5 Å². The molecular formula is C24H26N2O5. The van der Waals surface area contributed by atoms with Crippen molar-refractivity contribution in [3.63, 3.8) is 0 Å². The average Bonchev–Trinajstić information content (AvgIpc) is 3.09. The Kier molecular flexibility index (Phi) is 6.97. The van der Waals surface area contributed by atoms with Crippen molar-refractivity contribution in [1.82, 2.24) is 9.78 Å². The van der Waals surface area contributed by atoms with E-state index in [2.05, 4.69) is 5.10 Å². The molecule has 0 unspecified atom stereocenters. The van der Waals surface area contributed by atoms with Crippen LogP contribution in [0, 0.1) is 13.8 Å². The number of carbonyl (C=O) groups excluding carboxylic acids is 1. The maximum Gasteiger partial charge on any atom is 0.331 e. The van der Waals surface area contributed by atoms with Crippen LogP contribution in [-0.2, 0) is 16.1 Å². The molecule has 0 spiro atoms. The van der Waals surface area contributed by atoms with Crippen LogP contribution in [0.5, 0.6) is 17.2 Å². The normalized spacial score (nSPS) is 10.9. The largest absolute Gasteiger partial charge is 0.493 e. The number of hydrogen-bond donors (Lipinski definition) is 0. The lowest BCUT2D eigenvalue weighted by atomic mass is 10.1. The van der Waals surface area contributed by atoms with Crippen molar-refractivity contribution in [3.8, 4) is 22.9 Å². The van der Waals surface area contributed by atoms with Crippen molar-refractivity contribution in [3.05, 3.63) is 71.1 Å². The van der Waals surface area contributed by atoms with Gasteiger partial charge in [0, 0.05) is 17.3 Å². The van der Waals surface area contributed by atoms with E-state index in [0.29, 0.717) is 17.2 Å². The molecule has 7 nitrogen and oxygen atoms in total. The average molecular weight is 422 g/mol. The Balaban J connectivity index is 1.71. The predicted octanol–water partition coefficient (Wildman–Crippen LogP) is 4.27. The minimum Gasteiger partial charge on any atom is -0.493 e. The third kappa shape index (κ3) is 4.88. The second kappa shape index (κ2) is 9.84. The van der Waals surface area contributed by atoms with E-state index in [0.717, 1.165) is 28.2 Å². The Hall–Kier alpha value is -3.74. The van der Waals surface area contributed by atoms with Crippen molar-refractivity contribution in [2.24, 2.45) is 0 Å². The minimum atomic E-state index is -0.458. The molecule has 1 aromatic heterocycles. The highest BCUT2D eigenvalue weighted by molar-refractivity contribution is 5.87. The molecule has 0 N–H and O–H groups in total. The van der Waals surface area contributed by atoms with Gasteiger partial charge < -0.3 is 18.9 Å². The molecular weight excluding hydrogens is 396 g/mol. The van der Waals surface area contributed by atoms with Crippen molar-refractivity contribution in [2.75, 3.05) is 21.3 Å². The smallest absolute Gasteiger partial charge is 0.331 e. The maximum absolute atomic E-state index is 12.3. The summed E-state index contributed by atoms with van der Waals surface area (Å²) < 4.78 is 23.3. The van der Waals surface area contributed by atoms with E-state index in [1.54, 1.807) is 32.4 Å². The van der Waals surface area contributed by atoms with Crippen LogP contribution >= 0.6 is 0 Å². The first-order valence-corrected chi connectivity index (χ1v) is 9.73. The Bertz CT molecular complexity index is 1060. The lowest BCUT2D eigenvalue weighted by molar-refractivity contribution is -0.138. The summed E-state index contributed by atoms with van der Waals surface area (Å²) in [6, 6.07) is 13.3. The van der Waals surface area contributed by atoms with Crippen molar-refractivity contribution in [2.45, 2.75) is 20.5 Å². The number of ether oxygens (including phenoxy) is 4. The van der Waals surface area contributed by atoms with Gasteiger partial charge in [-0.1, -0.05) is 18.2 Å². The van der Waals surface area contributed by atoms with Gasteiger partial charge >= 0.3 is 5.97 Å². The van der Waals surface area contributed by atoms with Crippen LogP contribution < -0.4 is 14.2 Å². The summed E-state index contributed by atoms with van der Waals surface area (Å²) in [4.78, 5) is 12.3. The molecule has 0 fully saturated rings. The van der Waals surface area contributed by atoms with Gasteiger partial charge in [0.05, 0.1) is 32.7 Å². The highest BCUT2D eigenvalue weighted by Gasteiger charge is 2.15. The second-order valence-electron chi connectivity index (χ2n) is 6.80. The highest BCUT2D eigenvalue weighted by atomic mass is 16.5. The molecule has 0 amide bonds. The van der Waals surface area contributed by atoms with E-state index in [1.165, 1.54) is 13.2 Å². The summed E-state index contributed by atoms with van der Waals surface area (Å²) in [6.07, 6.45) is 3.01. The first-order chi connectivity index (χ1) is 15.0. The summed E-state index contributed by atoms with van der Waals surface area (Å²) >= 11 is 0. The molecule has 0 bridgehead atoms. The molecule has 3 aromatic rings. The minimum absolute atomic E-state index is 0.142. The number of rotatable bonds is 8. The number of hydrogen-bond acceptors (Lipinski definition) is 6. The molecule has 3 rings (SSSR count). The zero-order valence-electron chi connectivity index (χ0n) is 18.3. The highest BCUT2D eigenvalue weighted by Crippen LogP contribution is 2.38. The Morgan fingerprint density at radius 2 is 1.65 bits per heavy atom. The number of carbonyl (C=O) groups is 1. The number of aromatic nitrogens is 2. The van der Waals surface area contributed by atoms with Crippen LogP contribution in [0.4, 0.5) is 0 Å². The zero-order chi connectivity index (χ0) is 22.4. The summed E-state index contributed by atoms with van der Waals surface area (Å²) in [5.74, 6) is 1.05. The molecule has 0 saturated heterocycles. The van der Waals surface area contributed by atoms with Crippen molar-refractivity contribution >= 4 is 12.0 Å². The molecule has 0 aliphatic carbocycles. The van der Waals surface area contributed by atoms with Crippen LogP contribution in [0.25, 0.3) is 11.8 Å². The molecule has 0 radical (unpaired) electrons. The van der Waals surface area contributed by atoms with Crippen molar-refractivity contribution in [1.29, 1.82) is 0 Å². The van der Waals surface area contributed by atoms with E-state index in [9.17, 15) is 4.79 Å². The third-order valence-electron chi connectivity index (χ3n) is 4.90. The van der Waals surface area contributed by atoms with Crippen LogP contribution in [0.3, 0.4) is 0 Å². The Morgan fingerprint density at radius 1 is 1.00 bits per heavy atom. The number of methoxy groups -OCH3 is 3. The fourth-order valence-electron chi connectivity index (χ4n) is 3.26. The number of nitrogens with zero attached hydrogens (tertiary/aromatic N) is 2. The fraction of sp³-hybridized carbons (Fsp3) is 0.250. The standard InChI is InChI=1S/C24H26N2O5/c1-16-20(17(2)26(25-16)19-9-7-6-8-10-19)15-31-23(27)12-11-18-13-21(28-3)24(30-5)22(14-18)29-4/h6-14H,15H2,1-5H3/b12-11+. The van der Waals surface area contributed by atoms with E-state index in [1.807, 2.05) is 48.9 Å². The Labute approximate surface area is 181 Å². The topological polar surface area (TPSA) is 71.8 Å². The molecule has 1 heterocycles. The van der Waals surface area contributed by atoms with Crippen LogP contribution in [0.1, 0.15) is 22.5 Å². The molecule has 0 atom stereocenters. The van der Waals surface area contributed by atoms with Gasteiger partial charge in [-0.05, 0) is 49.8 Å². The van der Waals surface area contributed by atoms with Gasteiger partial charge in [-0.2, -0.15) is 5.10 Å². The molecule has 7 heteroatoms. The van der Waals surface area contributed by atoms with E-state index >= 15 is 0 Å².